The molecule has 40 heavy (non-hydrogen) atoms. The molecule has 0 radical (unpaired) electrons. The number of Topliss-reactive ketones (excluding diaryl/α,β-unsaturated/α-hetero) is 2. The van der Waals surface area contributed by atoms with Crippen LogP contribution in [0, 0.1) is 62.6 Å². The van der Waals surface area contributed by atoms with Crippen LogP contribution < -0.4 is 0 Å². The largest absolute Gasteiger partial charge is 0.481 e. The van der Waals surface area contributed by atoms with Gasteiger partial charge in [0, 0.05) is 5.41 Å². The monoisotopic (exact) mass is 554 g/mol. The number of ketones is 2. The molecule has 0 bridgehead atoms. The molecule has 5 rings (SSSR count). The molecule has 0 amide bonds. The minimum Gasteiger partial charge on any atom is -0.481 e. The highest BCUT2D eigenvalue weighted by Gasteiger charge is 2.73. The first kappa shape index (κ1) is 29.5. The average molecular weight is 555 g/mol. The third-order valence-corrected chi connectivity index (χ3v) is 14.0. The van der Waals surface area contributed by atoms with Gasteiger partial charge >= 0.3 is 11.9 Å². The van der Waals surface area contributed by atoms with Crippen molar-refractivity contribution in [2.24, 2.45) is 62.6 Å². The van der Waals surface area contributed by atoms with Crippen molar-refractivity contribution in [3.05, 3.63) is 12.2 Å². The summed E-state index contributed by atoms with van der Waals surface area (Å²) in [6.45, 7) is 19.3. The lowest BCUT2D eigenvalue weighted by Gasteiger charge is -2.72. The molecule has 5 fully saturated rings. The van der Waals surface area contributed by atoms with Crippen molar-refractivity contribution in [3.63, 3.8) is 0 Å². The van der Waals surface area contributed by atoms with Crippen LogP contribution in [0.5, 0.6) is 0 Å². The van der Waals surface area contributed by atoms with Crippen LogP contribution in [0.2, 0.25) is 0 Å². The maximum atomic E-state index is 13.8. The number of hydrogen-bond acceptors (Lipinski definition) is 5. The van der Waals surface area contributed by atoms with Gasteiger partial charge in [-0.25, -0.2) is 4.79 Å². The second kappa shape index (κ2) is 9.26. The van der Waals surface area contributed by atoms with Crippen LogP contribution in [0.15, 0.2) is 12.2 Å². The molecule has 1 unspecified atom stereocenters. The van der Waals surface area contributed by atoms with Gasteiger partial charge < -0.3 is 9.84 Å². The SMILES string of the molecule is C=C(C)[C@@H]1CC[C@]2(C(=O)O)CC[C@]3(C)[C@H](CC[C@@H]4[C@@]5(C)CC(C(=O)C(=O)OCC)C(=O)C(C)(C)[C@@H]5CC[C@]43C)[C@@H]12. The number of esters is 1. The molecule has 5 aliphatic carbocycles. The number of carboxylic acids is 1. The van der Waals surface area contributed by atoms with Crippen molar-refractivity contribution in [2.75, 3.05) is 6.61 Å². The zero-order valence-corrected chi connectivity index (χ0v) is 25.7. The van der Waals surface area contributed by atoms with Crippen molar-refractivity contribution >= 4 is 23.5 Å². The maximum absolute atomic E-state index is 13.8. The second-order valence-corrected chi connectivity index (χ2v) is 15.6. The third-order valence-electron chi connectivity index (χ3n) is 14.0. The Morgan fingerprint density at radius 1 is 0.925 bits per heavy atom. The van der Waals surface area contributed by atoms with E-state index in [4.69, 9.17) is 4.74 Å². The molecule has 222 valence electrons. The summed E-state index contributed by atoms with van der Waals surface area (Å²) in [7, 11) is 0. The Kier molecular flexibility index (Phi) is 6.83. The van der Waals surface area contributed by atoms with Gasteiger partial charge in [0.15, 0.2) is 0 Å². The number of fused-ring (bicyclic) bond motifs is 7. The van der Waals surface area contributed by atoms with E-state index in [2.05, 4.69) is 34.3 Å². The third kappa shape index (κ3) is 3.58. The van der Waals surface area contributed by atoms with Crippen LogP contribution in [0.1, 0.15) is 106 Å². The molecule has 0 aromatic heterocycles. The predicted molar refractivity (Wildman–Crippen MR) is 152 cm³/mol. The first-order chi connectivity index (χ1) is 18.5. The molecule has 5 saturated carbocycles. The van der Waals surface area contributed by atoms with Crippen LogP contribution in [0.4, 0.5) is 0 Å². The smallest absolute Gasteiger partial charge is 0.375 e. The van der Waals surface area contributed by atoms with Gasteiger partial charge in [-0.3, -0.25) is 14.4 Å². The van der Waals surface area contributed by atoms with E-state index in [1.54, 1.807) is 6.92 Å². The fraction of sp³-hybridized carbons (Fsp3) is 0.824. The van der Waals surface area contributed by atoms with Crippen LogP contribution in [0.3, 0.4) is 0 Å². The standard InChI is InChI=1S/C34H50O6/c1-9-40-28(37)26(35)21-18-31(6)23(30(4,5)27(21)36)13-14-33(8)24(31)11-10-22-25-20(19(2)3)12-15-34(25,29(38)39)17-16-32(22,33)7/h20-25H,2,9-18H2,1,3-8H3,(H,38,39)/t20-,21?,22+,23-,24+,25+,31-,32+,33+,34-/m0/s1. The second-order valence-electron chi connectivity index (χ2n) is 15.6. The summed E-state index contributed by atoms with van der Waals surface area (Å²) in [6.07, 6.45) is 7.49. The van der Waals surface area contributed by atoms with Gasteiger partial charge in [-0.1, -0.05) is 46.8 Å². The Morgan fingerprint density at radius 3 is 2.20 bits per heavy atom. The quantitative estimate of drug-likeness (QED) is 0.177. The number of ether oxygens (including phenoxy) is 1. The minimum absolute atomic E-state index is 0.0439. The topological polar surface area (TPSA) is 97.7 Å². The molecule has 6 heteroatoms. The van der Waals surface area contributed by atoms with E-state index in [9.17, 15) is 24.3 Å². The van der Waals surface area contributed by atoms with Crippen molar-refractivity contribution in [2.45, 2.75) is 106 Å². The molecule has 10 atom stereocenters. The number of hydrogen-bond donors (Lipinski definition) is 1. The molecule has 0 aromatic carbocycles. The molecule has 0 aliphatic heterocycles. The summed E-state index contributed by atoms with van der Waals surface area (Å²) >= 11 is 0. The molecule has 0 saturated heterocycles. The van der Waals surface area contributed by atoms with Crippen molar-refractivity contribution in [1.82, 2.24) is 0 Å². The average Bonchev–Trinajstić information content (AvgIpc) is 3.28. The van der Waals surface area contributed by atoms with Crippen LogP contribution in [-0.4, -0.2) is 35.2 Å². The first-order valence-corrected chi connectivity index (χ1v) is 15.7. The Balaban J connectivity index is 1.56. The number of rotatable bonds is 5. The van der Waals surface area contributed by atoms with Gasteiger partial charge in [-0.2, -0.15) is 0 Å². The molecule has 0 spiro atoms. The Hall–Kier alpha value is -1.98. The minimum atomic E-state index is -0.961. The van der Waals surface area contributed by atoms with Crippen molar-refractivity contribution in [3.8, 4) is 0 Å². The Labute approximate surface area is 240 Å². The van der Waals surface area contributed by atoms with E-state index >= 15 is 0 Å². The molecular formula is C34H50O6. The van der Waals surface area contributed by atoms with Gasteiger partial charge in [0.25, 0.3) is 0 Å². The molecule has 6 nitrogen and oxygen atoms in total. The summed E-state index contributed by atoms with van der Waals surface area (Å²) in [5.41, 5.74) is -0.627. The van der Waals surface area contributed by atoms with E-state index in [0.29, 0.717) is 18.8 Å². The number of carbonyl (C=O) groups is 4. The summed E-state index contributed by atoms with van der Waals surface area (Å²) in [5.74, 6) is -2.22. The fourth-order valence-corrected chi connectivity index (χ4v) is 12.1. The van der Waals surface area contributed by atoms with Gasteiger partial charge in [0.05, 0.1) is 17.9 Å². The van der Waals surface area contributed by atoms with E-state index in [1.807, 2.05) is 13.8 Å². The summed E-state index contributed by atoms with van der Waals surface area (Å²) in [4.78, 5) is 52.5. The molecule has 0 heterocycles. The van der Waals surface area contributed by atoms with Crippen LogP contribution in [-0.2, 0) is 23.9 Å². The zero-order chi connectivity index (χ0) is 29.6. The highest BCUT2D eigenvalue weighted by atomic mass is 16.5. The highest BCUT2D eigenvalue weighted by molar-refractivity contribution is 6.38. The van der Waals surface area contributed by atoms with E-state index in [1.165, 1.54) is 0 Å². The Bertz CT molecular complexity index is 1150. The number of allylic oxidation sites excluding steroid dienone is 1. The number of carboxylic acid groups (broad SMARTS) is 1. The predicted octanol–water partition coefficient (Wildman–Crippen LogP) is 6.66. The summed E-state index contributed by atoms with van der Waals surface area (Å²) < 4.78 is 5.06. The normalized spacial score (nSPS) is 47.2. The molecular weight excluding hydrogens is 504 g/mol. The van der Waals surface area contributed by atoms with Gasteiger partial charge in [0.2, 0.25) is 5.78 Å². The van der Waals surface area contributed by atoms with Crippen molar-refractivity contribution < 1.29 is 29.0 Å². The lowest BCUT2D eigenvalue weighted by atomic mass is 9.32. The molecule has 0 aromatic rings. The van der Waals surface area contributed by atoms with Crippen molar-refractivity contribution in [1.29, 1.82) is 0 Å². The Morgan fingerprint density at radius 2 is 1.60 bits per heavy atom. The van der Waals surface area contributed by atoms with E-state index in [0.717, 1.165) is 50.5 Å². The lowest BCUT2D eigenvalue weighted by molar-refractivity contribution is -0.238. The summed E-state index contributed by atoms with van der Waals surface area (Å²) in [6, 6.07) is 0. The maximum Gasteiger partial charge on any atom is 0.375 e. The van der Waals surface area contributed by atoms with Gasteiger partial charge in [0.1, 0.15) is 5.78 Å². The molecule has 1 N–H and O–H groups in total. The van der Waals surface area contributed by atoms with Gasteiger partial charge in [-0.05, 0) is 117 Å². The number of aliphatic carboxylic acids is 1. The number of carbonyl (C=O) groups excluding carboxylic acids is 3. The van der Waals surface area contributed by atoms with Crippen LogP contribution in [0.25, 0.3) is 0 Å². The fourth-order valence-electron chi connectivity index (χ4n) is 12.1. The molecule has 5 aliphatic rings. The van der Waals surface area contributed by atoms with E-state index in [-0.39, 0.29) is 52.3 Å². The van der Waals surface area contributed by atoms with E-state index < -0.39 is 34.5 Å². The van der Waals surface area contributed by atoms with Crippen LogP contribution >= 0.6 is 0 Å². The first-order valence-electron chi connectivity index (χ1n) is 15.7. The summed E-state index contributed by atoms with van der Waals surface area (Å²) in [5, 5.41) is 10.6. The highest BCUT2D eigenvalue weighted by Crippen LogP contribution is 2.77. The lowest BCUT2D eigenvalue weighted by Crippen LogP contribution is -2.68. The zero-order valence-electron chi connectivity index (χ0n) is 25.7. The van der Waals surface area contributed by atoms with Gasteiger partial charge in [-0.15, -0.1) is 0 Å².